The van der Waals surface area contributed by atoms with Gasteiger partial charge in [0.15, 0.2) is 5.69 Å². The first-order valence-electron chi connectivity index (χ1n) is 7.37. The van der Waals surface area contributed by atoms with E-state index in [1.807, 2.05) is 0 Å². The Bertz CT molecular complexity index is 758. The number of fused-ring (bicyclic) bond motifs is 1. The van der Waals surface area contributed by atoms with Crippen LogP contribution in [0.5, 0.6) is 0 Å². The van der Waals surface area contributed by atoms with Crippen LogP contribution in [0.2, 0.25) is 0 Å². The van der Waals surface area contributed by atoms with Crippen LogP contribution in [-0.4, -0.2) is 21.1 Å². The Morgan fingerprint density at radius 2 is 1.79 bits per heavy atom. The molecule has 132 valence electrons. The third kappa shape index (κ3) is 3.80. The minimum absolute atomic E-state index is 0.0660. The molecule has 5 nitrogen and oxygen atoms in total. The van der Waals surface area contributed by atoms with Crippen molar-refractivity contribution in [1.82, 2.24) is 14.7 Å². The Hall–Kier alpha value is -2.25. The van der Waals surface area contributed by atoms with Gasteiger partial charge in [0.1, 0.15) is 11.4 Å². The number of amides is 1. The van der Waals surface area contributed by atoms with Gasteiger partial charge in [-0.1, -0.05) is 6.07 Å². The normalized spacial score (nSPS) is 13.2. The Morgan fingerprint density at radius 1 is 1.17 bits per heavy atom. The fraction of sp³-hybridized carbons (Fsp3) is 0.500. The highest BCUT2D eigenvalue weighted by molar-refractivity contribution is 5.69. The molecule has 0 saturated heterocycles. The van der Waals surface area contributed by atoms with Crippen molar-refractivity contribution in [2.75, 3.05) is 0 Å². The average Bonchev–Trinajstić information content (AvgIpc) is 2.75. The fourth-order valence-corrected chi connectivity index (χ4v) is 2.30. The minimum Gasteiger partial charge on any atom is -0.444 e. The molecule has 1 amide bonds. The van der Waals surface area contributed by atoms with Crippen LogP contribution in [0.3, 0.4) is 0 Å². The van der Waals surface area contributed by atoms with Crippen LogP contribution < -0.4 is 5.32 Å². The topological polar surface area (TPSA) is 55.6 Å². The summed E-state index contributed by atoms with van der Waals surface area (Å²) in [4.78, 5) is 15.7. The van der Waals surface area contributed by atoms with E-state index in [2.05, 4.69) is 10.3 Å². The van der Waals surface area contributed by atoms with Crippen molar-refractivity contribution in [1.29, 1.82) is 0 Å². The van der Waals surface area contributed by atoms with Crippen molar-refractivity contribution < 1.29 is 22.7 Å². The lowest BCUT2D eigenvalue weighted by atomic mass is 10.1. The maximum absolute atomic E-state index is 13.2. The molecule has 2 rings (SSSR count). The lowest BCUT2D eigenvalue weighted by Gasteiger charge is -2.27. The number of halogens is 3. The lowest BCUT2D eigenvalue weighted by Crippen LogP contribution is -2.44. The van der Waals surface area contributed by atoms with Crippen molar-refractivity contribution >= 4 is 11.6 Å². The van der Waals surface area contributed by atoms with Crippen LogP contribution >= 0.6 is 0 Å². The van der Waals surface area contributed by atoms with Crippen molar-refractivity contribution in [3.8, 4) is 0 Å². The number of carbonyl (C=O) groups excluding carboxylic acids is 1. The van der Waals surface area contributed by atoms with Gasteiger partial charge in [0.05, 0.1) is 11.1 Å². The molecule has 0 aliphatic rings. The summed E-state index contributed by atoms with van der Waals surface area (Å²) in [6.07, 6.45) is -3.84. The van der Waals surface area contributed by atoms with E-state index in [1.54, 1.807) is 40.7 Å². The molecular weight excluding hydrogens is 323 g/mol. The summed E-state index contributed by atoms with van der Waals surface area (Å²) < 4.78 is 46.1. The third-order valence-electron chi connectivity index (χ3n) is 3.19. The number of rotatable bonds is 2. The number of imidazole rings is 1. The van der Waals surface area contributed by atoms with Crippen LogP contribution in [0.4, 0.5) is 18.0 Å². The lowest BCUT2D eigenvalue weighted by molar-refractivity contribution is -0.139. The van der Waals surface area contributed by atoms with E-state index in [4.69, 9.17) is 4.74 Å². The van der Waals surface area contributed by atoms with E-state index in [0.29, 0.717) is 0 Å². The van der Waals surface area contributed by atoms with Gasteiger partial charge in [0.2, 0.25) is 0 Å². The fourth-order valence-electron chi connectivity index (χ4n) is 2.30. The number of nitrogens with one attached hydrogen (secondary N) is 1. The second-order valence-corrected chi connectivity index (χ2v) is 6.99. The van der Waals surface area contributed by atoms with E-state index in [0.717, 1.165) is 0 Å². The van der Waals surface area contributed by atoms with Crippen molar-refractivity contribution in [2.24, 2.45) is 0 Å². The maximum Gasteiger partial charge on any atom is 0.435 e. The predicted octanol–water partition coefficient (Wildman–Crippen LogP) is 4.11. The largest absolute Gasteiger partial charge is 0.444 e. The summed E-state index contributed by atoms with van der Waals surface area (Å²) in [6.45, 7) is 8.24. The molecule has 0 aromatic carbocycles. The molecule has 0 fully saturated rings. The summed E-state index contributed by atoms with van der Waals surface area (Å²) in [6, 6.07) is 4.44. The zero-order chi connectivity index (χ0) is 18.3. The second kappa shape index (κ2) is 5.68. The number of pyridine rings is 1. The molecule has 0 spiro atoms. The van der Waals surface area contributed by atoms with Gasteiger partial charge >= 0.3 is 12.3 Å². The monoisotopic (exact) mass is 343 g/mol. The molecule has 0 aliphatic heterocycles. The van der Waals surface area contributed by atoms with Gasteiger partial charge in [-0.3, -0.25) is 0 Å². The molecule has 2 aromatic heterocycles. The number of alkyl halides is 3. The number of carbonyl (C=O) groups is 1. The number of nitrogens with zero attached hydrogens (tertiary/aromatic N) is 2. The highest BCUT2D eigenvalue weighted by Gasteiger charge is 2.39. The van der Waals surface area contributed by atoms with Crippen molar-refractivity contribution in [3.63, 3.8) is 0 Å². The van der Waals surface area contributed by atoms with Crippen molar-refractivity contribution in [3.05, 3.63) is 35.9 Å². The number of ether oxygens (including phenoxy) is 1. The number of alkyl carbamates (subject to hydrolysis) is 1. The summed E-state index contributed by atoms with van der Waals surface area (Å²) in [5.74, 6) is 0.0660. The highest BCUT2D eigenvalue weighted by atomic mass is 19.4. The first-order chi connectivity index (χ1) is 10.8. The smallest absolute Gasteiger partial charge is 0.435 e. The van der Waals surface area contributed by atoms with E-state index in [1.165, 1.54) is 22.7 Å². The average molecular weight is 343 g/mol. The summed E-state index contributed by atoms with van der Waals surface area (Å²) in [7, 11) is 0. The van der Waals surface area contributed by atoms with Crippen molar-refractivity contribution in [2.45, 2.75) is 51.9 Å². The Labute approximate surface area is 137 Å². The Morgan fingerprint density at radius 3 is 2.33 bits per heavy atom. The summed E-state index contributed by atoms with van der Waals surface area (Å²) in [5, 5.41) is 2.57. The summed E-state index contributed by atoms with van der Waals surface area (Å²) in [5.41, 5.74) is -2.95. The molecule has 0 saturated carbocycles. The Kier molecular flexibility index (Phi) is 4.28. The van der Waals surface area contributed by atoms with E-state index >= 15 is 0 Å². The van der Waals surface area contributed by atoms with Gasteiger partial charge in [0, 0.05) is 6.20 Å². The molecule has 0 atom stereocenters. The van der Waals surface area contributed by atoms with Gasteiger partial charge in [0.25, 0.3) is 0 Å². The molecule has 2 aromatic rings. The number of hydrogen-bond donors (Lipinski definition) is 1. The molecule has 8 heteroatoms. The molecule has 0 radical (unpaired) electrons. The van der Waals surface area contributed by atoms with Crippen LogP contribution in [0.25, 0.3) is 5.52 Å². The molecule has 2 heterocycles. The van der Waals surface area contributed by atoms with E-state index < -0.39 is 29.1 Å². The SMILES string of the molecule is CC(C)(C)OC(=O)NC(C)(C)c1nc(C(F)(F)F)c2ccccn12. The molecule has 24 heavy (non-hydrogen) atoms. The first kappa shape index (κ1) is 18.1. The van der Waals surface area contributed by atoms with Gasteiger partial charge in [-0.2, -0.15) is 13.2 Å². The van der Waals surface area contributed by atoms with Gasteiger partial charge in [-0.05, 0) is 46.8 Å². The van der Waals surface area contributed by atoms with Crippen LogP contribution in [0.1, 0.15) is 46.1 Å². The zero-order valence-corrected chi connectivity index (χ0v) is 14.2. The third-order valence-corrected chi connectivity index (χ3v) is 3.19. The minimum atomic E-state index is -4.59. The number of aromatic nitrogens is 2. The first-order valence-corrected chi connectivity index (χ1v) is 7.37. The van der Waals surface area contributed by atoms with Gasteiger partial charge in [-0.15, -0.1) is 0 Å². The van der Waals surface area contributed by atoms with Gasteiger partial charge < -0.3 is 14.5 Å². The van der Waals surface area contributed by atoms with E-state index in [-0.39, 0.29) is 11.3 Å². The Balaban J connectivity index is 2.46. The maximum atomic E-state index is 13.2. The molecule has 1 N–H and O–H groups in total. The molecule has 0 bridgehead atoms. The standard InChI is InChI=1S/C16H20F3N3O2/c1-14(2,3)24-13(23)21-15(4,5)12-20-11(16(17,18)19)10-8-6-7-9-22(10)12/h6-9H,1-5H3,(H,21,23). The highest BCUT2D eigenvalue weighted by Crippen LogP contribution is 2.34. The quantitative estimate of drug-likeness (QED) is 0.893. The van der Waals surface area contributed by atoms with Gasteiger partial charge in [-0.25, -0.2) is 9.78 Å². The van der Waals surface area contributed by atoms with Crippen LogP contribution in [0.15, 0.2) is 24.4 Å². The molecule has 0 unspecified atom stereocenters. The second-order valence-electron chi connectivity index (χ2n) is 6.99. The van der Waals surface area contributed by atoms with Crippen LogP contribution in [-0.2, 0) is 16.5 Å². The number of hydrogen-bond acceptors (Lipinski definition) is 3. The molecule has 0 aliphatic carbocycles. The zero-order valence-electron chi connectivity index (χ0n) is 14.2. The van der Waals surface area contributed by atoms with Crippen LogP contribution in [0, 0.1) is 0 Å². The predicted molar refractivity (Wildman–Crippen MR) is 82.6 cm³/mol. The molecular formula is C16H20F3N3O2. The summed E-state index contributed by atoms with van der Waals surface area (Å²) >= 11 is 0. The van der Waals surface area contributed by atoms with E-state index in [9.17, 15) is 18.0 Å².